The van der Waals surface area contributed by atoms with Crippen LogP contribution >= 0.6 is 11.6 Å². The maximum Gasteiger partial charge on any atom is 0.295 e. The van der Waals surface area contributed by atoms with Gasteiger partial charge in [0.15, 0.2) is 0 Å². The molecule has 1 unspecified atom stereocenters. The van der Waals surface area contributed by atoms with E-state index >= 15 is 0 Å². The predicted octanol–water partition coefficient (Wildman–Crippen LogP) is 4.86. The van der Waals surface area contributed by atoms with Gasteiger partial charge in [0.25, 0.3) is 11.7 Å². The highest BCUT2D eigenvalue weighted by Gasteiger charge is 2.46. The molecular weight excluding hydrogens is 470 g/mol. The fourth-order valence-corrected chi connectivity index (χ4v) is 4.09. The number of carbonyl (C=O) groups is 2. The molecule has 0 bridgehead atoms. The van der Waals surface area contributed by atoms with Gasteiger partial charge in [-0.25, -0.2) is 0 Å². The molecule has 7 nitrogen and oxygen atoms in total. The van der Waals surface area contributed by atoms with E-state index in [9.17, 15) is 14.7 Å². The molecule has 1 fully saturated rings. The third kappa shape index (κ3) is 5.10. The van der Waals surface area contributed by atoms with Gasteiger partial charge in [0.1, 0.15) is 29.6 Å². The number of methoxy groups -OCH3 is 2. The summed E-state index contributed by atoms with van der Waals surface area (Å²) in [5.41, 5.74) is 1.01. The summed E-state index contributed by atoms with van der Waals surface area (Å²) in [7, 11) is 3.11. The van der Waals surface area contributed by atoms with Crippen molar-refractivity contribution in [2.75, 3.05) is 27.4 Å². The second-order valence-corrected chi connectivity index (χ2v) is 8.24. The number of ether oxygens (including phenoxy) is 3. The first-order chi connectivity index (χ1) is 16.9. The number of hydrogen-bond acceptors (Lipinski definition) is 6. The van der Waals surface area contributed by atoms with E-state index in [1.165, 1.54) is 12.0 Å². The number of rotatable bonds is 8. The van der Waals surface area contributed by atoms with Gasteiger partial charge in [-0.1, -0.05) is 23.7 Å². The molecule has 1 saturated heterocycles. The largest absolute Gasteiger partial charge is 0.507 e. The monoisotopic (exact) mass is 493 g/mol. The second kappa shape index (κ2) is 10.5. The molecule has 180 valence electrons. The molecule has 1 aliphatic rings. The lowest BCUT2D eigenvalue weighted by Crippen LogP contribution is -2.33. The molecule has 1 atom stereocenters. The maximum absolute atomic E-state index is 13.1. The first kappa shape index (κ1) is 24.2. The number of Topliss-reactive ketones (excluding diaryl/α,β-unsaturated/α-hetero) is 1. The summed E-state index contributed by atoms with van der Waals surface area (Å²) >= 11 is 5.97. The average Bonchev–Trinajstić information content (AvgIpc) is 3.14. The molecule has 8 heteroatoms. The first-order valence-electron chi connectivity index (χ1n) is 10.9. The minimum Gasteiger partial charge on any atom is -0.507 e. The molecule has 0 aromatic heterocycles. The zero-order valence-electron chi connectivity index (χ0n) is 19.2. The van der Waals surface area contributed by atoms with E-state index < -0.39 is 17.7 Å². The van der Waals surface area contributed by atoms with Crippen molar-refractivity contribution in [3.63, 3.8) is 0 Å². The van der Waals surface area contributed by atoms with E-state index in [2.05, 4.69) is 0 Å². The van der Waals surface area contributed by atoms with Gasteiger partial charge >= 0.3 is 0 Å². The predicted molar refractivity (Wildman–Crippen MR) is 132 cm³/mol. The van der Waals surface area contributed by atoms with Crippen molar-refractivity contribution in [3.05, 3.63) is 94.5 Å². The Morgan fingerprint density at radius 1 is 0.914 bits per heavy atom. The number of aliphatic hydroxyl groups is 1. The number of amides is 1. The van der Waals surface area contributed by atoms with Crippen LogP contribution in [0.3, 0.4) is 0 Å². The Labute approximate surface area is 208 Å². The average molecular weight is 494 g/mol. The molecule has 3 aromatic carbocycles. The van der Waals surface area contributed by atoms with Crippen LogP contribution < -0.4 is 14.2 Å². The van der Waals surface area contributed by atoms with Crippen LogP contribution in [-0.2, 0) is 9.59 Å². The third-order valence-electron chi connectivity index (χ3n) is 5.73. The molecule has 1 heterocycles. The number of benzene rings is 3. The van der Waals surface area contributed by atoms with Crippen molar-refractivity contribution >= 4 is 29.1 Å². The number of hydrogen-bond donors (Lipinski definition) is 1. The number of aliphatic hydroxyl groups excluding tert-OH is 1. The summed E-state index contributed by atoms with van der Waals surface area (Å²) in [6, 6.07) is 19.7. The van der Waals surface area contributed by atoms with E-state index in [-0.39, 0.29) is 24.5 Å². The van der Waals surface area contributed by atoms with Crippen LogP contribution in [0.1, 0.15) is 17.2 Å². The van der Waals surface area contributed by atoms with Gasteiger partial charge in [-0.2, -0.15) is 0 Å². The summed E-state index contributed by atoms with van der Waals surface area (Å²) in [4.78, 5) is 27.6. The first-order valence-corrected chi connectivity index (χ1v) is 11.3. The third-order valence-corrected chi connectivity index (χ3v) is 5.98. The number of carbonyl (C=O) groups excluding carboxylic acids is 2. The van der Waals surface area contributed by atoms with Crippen LogP contribution in [0, 0.1) is 0 Å². The fourth-order valence-electron chi connectivity index (χ4n) is 3.97. The van der Waals surface area contributed by atoms with E-state index in [0.717, 1.165) is 0 Å². The Morgan fingerprint density at radius 2 is 1.57 bits per heavy atom. The van der Waals surface area contributed by atoms with Crippen molar-refractivity contribution in [3.8, 4) is 17.2 Å². The Balaban J connectivity index is 1.68. The molecule has 0 saturated carbocycles. The standard InChI is InChI=1S/C27H24ClNO6/c1-33-20-10-12-21(13-11-20)35-15-14-29-24(18-4-3-5-22(16-18)34-2)23(26(31)27(29)32)25(30)17-6-8-19(28)9-7-17/h3-13,16,24,30H,14-15H2,1-2H3/b25-23-. The SMILES string of the molecule is COc1ccc(OCCN2C(=O)C(=O)/C(=C(\O)c3ccc(Cl)cc3)C2c2cccc(OC)c2)cc1. The Kier molecular flexibility index (Phi) is 7.27. The van der Waals surface area contributed by atoms with Crippen molar-refractivity contribution in [2.45, 2.75) is 6.04 Å². The molecule has 3 aromatic rings. The minimum absolute atomic E-state index is 0.00461. The minimum atomic E-state index is -0.819. The highest BCUT2D eigenvalue weighted by Crippen LogP contribution is 2.40. The molecular formula is C27H24ClNO6. The maximum atomic E-state index is 13.1. The van der Waals surface area contributed by atoms with Gasteiger partial charge in [-0.05, 0) is 66.2 Å². The van der Waals surface area contributed by atoms with Crippen molar-refractivity contribution < 1.29 is 28.9 Å². The van der Waals surface area contributed by atoms with E-state index in [1.807, 2.05) is 0 Å². The number of ketones is 1. The lowest BCUT2D eigenvalue weighted by atomic mass is 9.95. The lowest BCUT2D eigenvalue weighted by molar-refractivity contribution is -0.140. The summed E-state index contributed by atoms with van der Waals surface area (Å²) in [6.45, 7) is 0.261. The number of nitrogens with zero attached hydrogens (tertiary/aromatic N) is 1. The molecule has 0 aliphatic carbocycles. The normalized spacial score (nSPS) is 16.9. The van der Waals surface area contributed by atoms with Gasteiger partial charge in [-0.15, -0.1) is 0 Å². The van der Waals surface area contributed by atoms with Crippen molar-refractivity contribution in [2.24, 2.45) is 0 Å². The quantitative estimate of drug-likeness (QED) is 0.274. The van der Waals surface area contributed by atoms with Crippen molar-refractivity contribution in [1.82, 2.24) is 4.90 Å². The highest BCUT2D eigenvalue weighted by molar-refractivity contribution is 6.46. The van der Waals surface area contributed by atoms with Crippen LogP contribution in [0.25, 0.3) is 5.76 Å². The molecule has 4 rings (SSSR count). The topological polar surface area (TPSA) is 85.3 Å². The fraction of sp³-hybridized carbons (Fsp3) is 0.185. The second-order valence-electron chi connectivity index (χ2n) is 7.80. The molecule has 1 amide bonds. The summed E-state index contributed by atoms with van der Waals surface area (Å²) in [5, 5.41) is 11.6. The molecule has 0 spiro atoms. The van der Waals surface area contributed by atoms with Gasteiger partial charge < -0.3 is 24.2 Å². The van der Waals surface area contributed by atoms with E-state index in [1.54, 1.807) is 79.9 Å². The van der Waals surface area contributed by atoms with Crippen LogP contribution in [-0.4, -0.2) is 49.1 Å². The lowest BCUT2D eigenvalue weighted by Gasteiger charge is -2.25. The molecule has 0 radical (unpaired) electrons. The van der Waals surface area contributed by atoms with Gasteiger partial charge in [0, 0.05) is 10.6 Å². The number of halogens is 1. The Morgan fingerprint density at radius 3 is 2.23 bits per heavy atom. The molecule has 35 heavy (non-hydrogen) atoms. The van der Waals surface area contributed by atoms with E-state index in [4.69, 9.17) is 25.8 Å². The smallest absolute Gasteiger partial charge is 0.295 e. The van der Waals surface area contributed by atoms with Gasteiger partial charge in [0.05, 0.1) is 32.4 Å². The van der Waals surface area contributed by atoms with Gasteiger partial charge in [0.2, 0.25) is 0 Å². The summed E-state index contributed by atoms with van der Waals surface area (Å²) in [5.74, 6) is 0.103. The van der Waals surface area contributed by atoms with Crippen molar-refractivity contribution in [1.29, 1.82) is 0 Å². The zero-order chi connectivity index (χ0) is 24.9. The van der Waals surface area contributed by atoms with Crippen LogP contribution in [0.2, 0.25) is 5.02 Å². The summed E-state index contributed by atoms with van der Waals surface area (Å²) < 4.78 is 16.3. The zero-order valence-corrected chi connectivity index (χ0v) is 20.0. The van der Waals surface area contributed by atoms with Crippen LogP contribution in [0.15, 0.2) is 78.4 Å². The van der Waals surface area contributed by atoms with Gasteiger partial charge in [-0.3, -0.25) is 9.59 Å². The van der Waals surface area contributed by atoms with Crippen LogP contribution in [0.5, 0.6) is 17.2 Å². The van der Waals surface area contributed by atoms with E-state index in [0.29, 0.717) is 33.4 Å². The Bertz CT molecular complexity index is 1250. The molecule has 1 N–H and O–H groups in total. The Hall–Kier alpha value is -3.97. The highest BCUT2D eigenvalue weighted by atomic mass is 35.5. The van der Waals surface area contributed by atoms with Crippen LogP contribution in [0.4, 0.5) is 0 Å². The number of likely N-dealkylation sites (tertiary alicyclic amines) is 1. The summed E-state index contributed by atoms with van der Waals surface area (Å²) in [6.07, 6.45) is 0. The molecule has 1 aliphatic heterocycles.